The van der Waals surface area contributed by atoms with Crippen molar-refractivity contribution < 1.29 is 13.2 Å². The highest BCUT2D eigenvalue weighted by Crippen LogP contribution is 2.26. The van der Waals surface area contributed by atoms with E-state index in [1.54, 1.807) is 42.5 Å². The number of sulfonamides is 1. The van der Waals surface area contributed by atoms with E-state index < -0.39 is 10.0 Å². The molecule has 1 amide bonds. The smallest absolute Gasteiger partial charge is 0.264 e. The molecule has 0 spiro atoms. The predicted molar refractivity (Wildman–Crippen MR) is 124 cm³/mol. The maximum atomic E-state index is 13.0. The summed E-state index contributed by atoms with van der Waals surface area (Å²) >= 11 is 0. The van der Waals surface area contributed by atoms with Crippen molar-refractivity contribution in [3.63, 3.8) is 0 Å². The first-order valence-electron chi connectivity index (χ1n) is 9.86. The van der Waals surface area contributed by atoms with Crippen molar-refractivity contribution in [3.05, 3.63) is 108 Å². The number of rotatable bonds is 6. The fraction of sp³-hybridized carbons (Fsp3) is 0.0800. The third-order valence-electron chi connectivity index (χ3n) is 5.21. The van der Waals surface area contributed by atoms with Gasteiger partial charge in [0.05, 0.1) is 16.1 Å². The van der Waals surface area contributed by atoms with Crippen molar-refractivity contribution in [2.75, 3.05) is 11.4 Å². The highest BCUT2D eigenvalue weighted by atomic mass is 32.2. The van der Waals surface area contributed by atoms with Crippen LogP contribution in [0.15, 0.2) is 102 Å². The molecule has 1 N–H and O–H groups in total. The molecule has 31 heavy (non-hydrogen) atoms. The second kappa shape index (κ2) is 8.62. The van der Waals surface area contributed by atoms with Gasteiger partial charge in [-0.3, -0.25) is 9.10 Å². The molecular weight excluding hydrogens is 408 g/mol. The second-order valence-electron chi connectivity index (χ2n) is 7.12. The highest BCUT2D eigenvalue weighted by molar-refractivity contribution is 7.92. The average Bonchev–Trinajstić information content (AvgIpc) is 2.82. The third kappa shape index (κ3) is 4.15. The van der Waals surface area contributed by atoms with Crippen LogP contribution in [0.25, 0.3) is 10.8 Å². The number of para-hydroxylation sites is 1. The molecule has 0 aromatic heterocycles. The molecule has 0 saturated carbocycles. The van der Waals surface area contributed by atoms with Crippen molar-refractivity contribution in [2.24, 2.45) is 0 Å². The molecule has 4 aromatic rings. The lowest BCUT2D eigenvalue weighted by Crippen LogP contribution is -2.30. The average molecular weight is 431 g/mol. The monoisotopic (exact) mass is 430 g/mol. The molecule has 5 nitrogen and oxygen atoms in total. The van der Waals surface area contributed by atoms with Crippen molar-refractivity contribution >= 4 is 32.4 Å². The van der Waals surface area contributed by atoms with E-state index >= 15 is 0 Å². The molecule has 156 valence electrons. The number of fused-ring (bicyclic) bond motifs is 1. The Morgan fingerprint density at radius 2 is 1.45 bits per heavy atom. The Labute approximate surface area is 182 Å². The molecular formula is C25H22N2O3S. The van der Waals surface area contributed by atoms with Crippen LogP contribution in [0, 0.1) is 0 Å². The summed E-state index contributed by atoms with van der Waals surface area (Å²) in [5.74, 6) is -0.335. The van der Waals surface area contributed by atoms with Gasteiger partial charge < -0.3 is 5.32 Å². The SMILES string of the molecule is CN(c1ccccc1C(=O)NCc1cccc2ccccc12)S(=O)(=O)c1ccccc1. The first kappa shape index (κ1) is 20.6. The summed E-state index contributed by atoms with van der Waals surface area (Å²) in [5.41, 5.74) is 1.61. The van der Waals surface area contributed by atoms with Crippen molar-refractivity contribution in [3.8, 4) is 0 Å². The van der Waals surface area contributed by atoms with Gasteiger partial charge in [-0.2, -0.15) is 0 Å². The lowest BCUT2D eigenvalue weighted by molar-refractivity contribution is 0.0951. The summed E-state index contributed by atoms with van der Waals surface area (Å²) < 4.78 is 27.2. The Morgan fingerprint density at radius 3 is 2.26 bits per heavy atom. The Morgan fingerprint density at radius 1 is 0.806 bits per heavy atom. The molecule has 0 bridgehead atoms. The largest absolute Gasteiger partial charge is 0.348 e. The van der Waals surface area contributed by atoms with Gasteiger partial charge in [0.2, 0.25) is 0 Å². The summed E-state index contributed by atoms with van der Waals surface area (Å²) in [4.78, 5) is 13.2. The Hall–Kier alpha value is -3.64. The molecule has 4 aromatic carbocycles. The van der Waals surface area contributed by atoms with Crippen LogP contribution < -0.4 is 9.62 Å². The van der Waals surface area contributed by atoms with Crippen LogP contribution in [0.5, 0.6) is 0 Å². The summed E-state index contributed by atoms with van der Waals surface area (Å²) in [6, 6.07) is 28.8. The minimum Gasteiger partial charge on any atom is -0.348 e. The fourth-order valence-electron chi connectivity index (χ4n) is 3.54. The molecule has 0 saturated heterocycles. The molecule has 6 heteroatoms. The Balaban J connectivity index is 1.60. The van der Waals surface area contributed by atoms with E-state index in [0.717, 1.165) is 20.6 Å². The summed E-state index contributed by atoms with van der Waals surface area (Å²) in [7, 11) is -2.33. The summed E-state index contributed by atoms with van der Waals surface area (Å²) in [5, 5.41) is 5.11. The summed E-state index contributed by atoms with van der Waals surface area (Å²) in [6.45, 7) is 0.337. The number of hydrogen-bond acceptors (Lipinski definition) is 3. The second-order valence-corrected chi connectivity index (χ2v) is 9.09. The van der Waals surface area contributed by atoms with Gasteiger partial charge in [0.25, 0.3) is 15.9 Å². The first-order chi connectivity index (χ1) is 15.0. The van der Waals surface area contributed by atoms with Crippen LogP contribution in [0.4, 0.5) is 5.69 Å². The van der Waals surface area contributed by atoms with E-state index in [4.69, 9.17) is 0 Å². The minimum atomic E-state index is -3.79. The van der Waals surface area contributed by atoms with Gasteiger partial charge in [-0.1, -0.05) is 72.8 Å². The molecule has 4 rings (SSSR count). The van der Waals surface area contributed by atoms with Crippen LogP contribution >= 0.6 is 0 Å². The zero-order valence-electron chi connectivity index (χ0n) is 17.0. The number of hydrogen-bond donors (Lipinski definition) is 1. The number of amides is 1. The Kier molecular flexibility index (Phi) is 5.73. The van der Waals surface area contributed by atoms with E-state index in [1.807, 2.05) is 42.5 Å². The van der Waals surface area contributed by atoms with Crippen LogP contribution in [0.2, 0.25) is 0 Å². The molecule has 0 aliphatic carbocycles. The zero-order chi connectivity index (χ0) is 21.8. The number of carbonyl (C=O) groups excluding carboxylic acids is 1. The van der Waals surface area contributed by atoms with Gasteiger partial charge in [-0.05, 0) is 40.6 Å². The van der Waals surface area contributed by atoms with Crippen molar-refractivity contribution in [2.45, 2.75) is 11.4 Å². The topological polar surface area (TPSA) is 66.5 Å². The quantitative estimate of drug-likeness (QED) is 0.486. The van der Waals surface area contributed by atoms with Crippen LogP contribution in [-0.2, 0) is 16.6 Å². The molecule has 0 radical (unpaired) electrons. The standard InChI is InChI=1S/C25H22N2O3S/c1-27(31(29,30)21-13-3-2-4-14-21)24-17-8-7-16-23(24)25(28)26-18-20-12-9-11-19-10-5-6-15-22(19)20/h2-17H,18H2,1H3,(H,26,28). The van der Waals surface area contributed by atoms with E-state index in [2.05, 4.69) is 5.32 Å². The van der Waals surface area contributed by atoms with E-state index in [0.29, 0.717) is 17.8 Å². The lowest BCUT2D eigenvalue weighted by atomic mass is 10.0. The minimum absolute atomic E-state index is 0.170. The predicted octanol–water partition coefficient (Wildman–Crippen LogP) is 4.59. The molecule has 0 aliphatic heterocycles. The van der Waals surface area contributed by atoms with Crippen LogP contribution in [-0.4, -0.2) is 21.4 Å². The number of nitrogens with one attached hydrogen (secondary N) is 1. The highest BCUT2D eigenvalue weighted by Gasteiger charge is 2.24. The summed E-state index contributed by atoms with van der Waals surface area (Å²) in [6.07, 6.45) is 0. The normalized spacial score (nSPS) is 11.3. The number of benzene rings is 4. The van der Waals surface area contributed by atoms with Crippen LogP contribution in [0.1, 0.15) is 15.9 Å². The fourth-order valence-corrected chi connectivity index (χ4v) is 4.77. The molecule has 0 atom stereocenters. The van der Waals surface area contributed by atoms with Crippen LogP contribution in [0.3, 0.4) is 0 Å². The number of anilines is 1. The zero-order valence-corrected chi connectivity index (χ0v) is 17.8. The number of nitrogens with zero attached hydrogens (tertiary/aromatic N) is 1. The maximum Gasteiger partial charge on any atom is 0.264 e. The molecule has 0 heterocycles. The molecule has 0 unspecified atom stereocenters. The Bertz CT molecular complexity index is 1330. The first-order valence-corrected chi connectivity index (χ1v) is 11.3. The van der Waals surface area contributed by atoms with Crippen molar-refractivity contribution in [1.82, 2.24) is 5.32 Å². The van der Waals surface area contributed by atoms with Gasteiger partial charge >= 0.3 is 0 Å². The number of carbonyl (C=O) groups is 1. The third-order valence-corrected chi connectivity index (χ3v) is 6.99. The van der Waals surface area contributed by atoms with E-state index in [1.165, 1.54) is 19.2 Å². The van der Waals surface area contributed by atoms with Gasteiger partial charge in [0.15, 0.2) is 0 Å². The van der Waals surface area contributed by atoms with Gasteiger partial charge in [-0.25, -0.2) is 8.42 Å². The van der Waals surface area contributed by atoms with Gasteiger partial charge in [-0.15, -0.1) is 0 Å². The van der Waals surface area contributed by atoms with E-state index in [-0.39, 0.29) is 10.8 Å². The molecule has 0 fully saturated rings. The van der Waals surface area contributed by atoms with Gasteiger partial charge in [0.1, 0.15) is 0 Å². The maximum absolute atomic E-state index is 13.0. The molecule has 0 aliphatic rings. The van der Waals surface area contributed by atoms with Gasteiger partial charge in [0, 0.05) is 13.6 Å². The lowest BCUT2D eigenvalue weighted by Gasteiger charge is -2.22. The van der Waals surface area contributed by atoms with Crippen molar-refractivity contribution in [1.29, 1.82) is 0 Å². The van der Waals surface area contributed by atoms with E-state index in [9.17, 15) is 13.2 Å².